The van der Waals surface area contributed by atoms with Crippen molar-refractivity contribution in [3.63, 3.8) is 0 Å². The smallest absolute Gasteiger partial charge is 1.00 e. The average molecular weight is 1480 g/mol. The van der Waals surface area contributed by atoms with Crippen LogP contribution in [0, 0.1) is 33.1 Å². The number of primary amides is 1. The number of esters is 2. The summed E-state index contributed by atoms with van der Waals surface area (Å²) in [7, 11) is 6.83. The molecular weight excluding hydrogens is 1400 g/mol. The number of guanidine groups is 2. The predicted octanol–water partition coefficient (Wildman–Crippen LogP) is 4.08. The van der Waals surface area contributed by atoms with E-state index in [1.54, 1.807) is 67.6 Å². The molecule has 1 saturated heterocycles. The van der Waals surface area contributed by atoms with Crippen molar-refractivity contribution in [2.24, 2.45) is 49.6 Å². The number of aliphatic hydroxyl groups is 3. The fraction of sp³-hybridized carbons (Fsp3) is 0.426. The van der Waals surface area contributed by atoms with E-state index in [0.717, 1.165) is 71.4 Å². The van der Waals surface area contributed by atoms with Crippen molar-refractivity contribution in [2.75, 3.05) is 26.3 Å². The van der Waals surface area contributed by atoms with Crippen molar-refractivity contribution in [3.05, 3.63) is 101 Å². The van der Waals surface area contributed by atoms with Gasteiger partial charge in [-0.25, -0.2) is 29.5 Å². The monoisotopic (exact) mass is 1480 g/mol. The average Bonchev–Trinajstić information content (AvgIpc) is 3.65. The Balaban J connectivity index is -0.0000000990. The molecule has 485 valence electrons. The molecule has 4 aromatic heterocycles. The van der Waals surface area contributed by atoms with E-state index in [9.17, 15) is 19.2 Å². The number of halogens is 1. The van der Waals surface area contributed by atoms with Gasteiger partial charge in [-0.3, -0.25) is 25.0 Å². The summed E-state index contributed by atoms with van der Waals surface area (Å²) in [4.78, 5) is 66.1. The number of nitrogens with two attached hydrogens (primary N) is 7. The number of aliphatic imine (C=N–C) groups is 1. The Labute approximate surface area is 589 Å². The molecule has 87 heavy (non-hydrogen) atoms. The maximum Gasteiger partial charge on any atom is 1.00 e. The zero-order valence-corrected chi connectivity index (χ0v) is 59.8. The molecule has 0 aromatic carbocycles. The Kier molecular flexibility index (Phi) is 74.3. The van der Waals surface area contributed by atoms with Gasteiger partial charge in [-0.15, -0.1) is 61.4 Å². The Hall–Kier alpha value is -3.23. The molecule has 40 heteroatoms. The summed E-state index contributed by atoms with van der Waals surface area (Å²) in [5, 5.41) is 36.8. The molecule has 3 unspecified atom stereocenters. The second kappa shape index (κ2) is 62.9. The fourth-order valence-corrected chi connectivity index (χ4v) is 17.6. The van der Waals surface area contributed by atoms with Crippen LogP contribution in [0.15, 0.2) is 47.9 Å². The number of thiocarbonyl (C=S) groups is 1. The van der Waals surface area contributed by atoms with Gasteiger partial charge in [-0.05, 0) is 123 Å². The fourth-order valence-electron chi connectivity index (χ4n) is 4.20. The Morgan fingerprint density at radius 3 is 1.60 bits per heavy atom. The van der Waals surface area contributed by atoms with E-state index >= 15 is 0 Å². The number of hydrogen-bond donors (Lipinski definition) is 11. The van der Waals surface area contributed by atoms with Gasteiger partial charge < -0.3 is 66.4 Å². The minimum absolute atomic E-state index is 0. The molecule has 1 aliphatic rings. The quantitative estimate of drug-likeness (QED) is 0.00639. The van der Waals surface area contributed by atoms with Crippen LogP contribution in [0.5, 0.6) is 0 Å². The molecule has 0 bridgehead atoms. The van der Waals surface area contributed by atoms with E-state index in [1.165, 1.54) is 62.9 Å². The van der Waals surface area contributed by atoms with Crippen LogP contribution in [0.4, 0.5) is 0 Å². The van der Waals surface area contributed by atoms with Gasteiger partial charge in [0.25, 0.3) is 0 Å². The van der Waals surface area contributed by atoms with Gasteiger partial charge >= 0.3 is 30.8 Å². The topological polar surface area (TPSA) is 433 Å². The SMILES string of the molecule is C.C.C.C=CC(N)=O.C=CC(N)=S.C=Cc1nc(C)c(C(=O)OCC)s1.C=Cc1nc(C)c(CO)s1.CCOC(=O)C(Cl)C(C)=O.Cc1nc(C(N)CN=C(N)N)sc1CO.Cc1nc(C2CN2N=S)sc1CO.N=C(N)N.S=PP=S=S=S=S.[Al].[H-].[Li+]. The number of aromatic nitrogens is 4. The number of alkyl halides is 1. The van der Waals surface area contributed by atoms with Crippen LogP contribution in [0.25, 0.3) is 12.2 Å². The summed E-state index contributed by atoms with van der Waals surface area (Å²) >= 11 is 29.2. The summed E-state index contributed by atoms with van der Waals surface area (Å²) in [5.41, 5.74) is 37.9. The molecule has 24 nitrogen and oxygen atoms in total. The number of aryl methyl sites for hydroxylation is 4. The maximum absolute atomic E-state index is 11.3. The van der Waals surface area contributed by atoms with Crippen molar-refractivity contribution < 1.29 is 64.3 Å². The van der Waals surface area contributed by atoms with E-state index < -0.39 is 17.3 Å². The van der Waals surface area contributed by atoms with Crippen LogP contribution in [0.1, 0.15) is 124 Å². The minimum Gasteiger partial charge on any atom is -1.00 e. The van der Waals surface area contributed by atoms with E-state index in [-0.39, 0.29) is 122 Å². The summed E-state index contributed by atoms with van der Waals surface area (Å²) in [6.07, 6.45) is 5.80. The minimum atomic E-state index is -1.14. The Morgan fingerprint density at radius 1 is 0.839 bits per heavy atom. The van der Waals surface area contributed by atoms with Crippen LogP contribution >= 0.6 is 83.3 Å². The number of ether oxygens (including phenoxy) is 2. The molecule has 3 radical (unpaired) electrons. The van der Waals surface area contributed by atoms with Crippen molar-refractivity contribution in [3.8, 4) is 0 Å². The number of aliphatic hydroxyl groups excluding tert-OH is 3. The van der Waals surface area contributed by atoms with E-state index in [1.807, 2.05) is 20.8 Å². The first kappa shape index (κ1) is 103. The molecule has 1 amide bonds. The molecule has 1 fully saturated rings. The Bertz CT molecular complexity index is 2890. The third kappa shape index (κ3) is 52.1. The molecule has 18 N–H and O–H groups in total. The van der Waals surface area contributed by atoms with Crippen molar-refractivity contribution in [1.29, 1.82) is 5.41 Å². The first-order valence-corrected chi connectivity index (χ1v) is 35.5. The van der Waals surface area contributed by atoms with Crippen molar-refractivity contribution in [2.45, 2.75) is 108 Å². The van der Waals surface area contributed by atoms with Gasteiger partial charge in [0.1, 0.15) is 30.9 Å². The number of nitrogens with zero attached hydrogens (tertiary/aromatic N) is 7. The van der Waals surface area contributed by atoms with Crippen LogP contribution in [-0.4, -0.2) is 130 Å². The number of nitrogens with one attached hydrogen (secondary N) is 1. The van der Waals surface area contributed by atoms with Crippen LogP contribution in [0.3, 0.4) is 0 Å². The zero-order chi connectivity index (χ0) is 64.1. The number of thiazole rings is 4. The van der Waals surface area contributed by atoms with Crippen LogP contribution < -0.4 is 59.0 Å². The van der Waals surface area contributed by atoms with Gasteiger partial charge in [0, 0.05) is 31.5 Å². The molecule has 0 spiro atoms. The first-order chi connectivity index (χ1) is 38.5. The Morgan fingerprint density at radius 2 is 1.28 bits per heavy atom. The summed E-state index contributed by atoms with van der Waals surface area (Å²) < 4.78 is 13.0. The third-order valence-electron chi connectivity index (χ3n) is 7.92. The van der Waals surface area contributed by atoms with Crippen LogP contribution in [-0.2, 0) is 106 Å². The molecular formula is C47H81AlClLiN15O9P2S11. The molecule has 5 rings (SSSR count). The molecule has 1 aliphatic heterocycles. The standard InChI is InChI=1S/C9H11NO2S.C8H15N5OS.C7H9N3OS2.C7H9NOS.C6H9ClO3.C3H5NO.C3H5NS.CH5N3.3CH4.Al.Li.P2S5.H/c1-4-7-10-6(3)8(13-7)9(11)12-5-2;1-4-6(3-14)15-7(13-4)5(9)2-12-8(10)11;1-4-6(3-11)13-7(8-4)5-2-10(5)9-12;1-3-7-8-5(2)6(4-9)10-7;1-3-10-6(9)5(7)4(2)8;2*1-2-3(4)5;2-1(3)4;;;;;;3-1-2-5-7-6-4;/h4H,1,5H2,2-3H3;5,14H,2-3,9H2,1H3,(H4,10,11,12);5,11H,2-3H2,1H3;3,9H,1,4H2,2H3;5H,3H2,1-2H3;2*2H,1H2,(H2,4,5);(H5,2,3,4);3*1H4;;;;/q;;;;;;;;;;;;+1;;-1. The number of carbonyl (C=O) groups excluding carboxylic acids is 4. The van der Waals surface area contributed by atoms with Gasteiger partial charge in [0.2, 0.25) is 5.91 Å². The second-order valence-electron chi connectivity index (χ2n) is 14.1. The molecule has 5 heterocycles. The normalized spacial score (nSPS) is 10.9. The summed E-state index contributed by atoms with van der Waals surface area (Å²) in [5.74, 6) is -2.16. The number of Topliss-reactive ketones (excluding diaryl/α,β-unsaturated/α-hetero) is 1. The molecule has 4 aromatic rings. The largest absolute Gasteiger partial charge is 1.00 e. The molecule has 0 saturated carbocycles. The summed E-state index contributed by atoms with van der Waals surface area (Å²) in [6, 6.07) is -0.0578. The molecule has 0 aliphatic carbocycles. The second-order valence-corrected chi connectivity index (χ2v) is 29.3. The number of ketones is 1. The van der Waals surface area contributed by atoms with Crippen molar-refractivity contribution in [1.82, 2.24) is 24.9 Å². The van der Waals surface area contributed by atoms with Crippen LogP contribution in [0.2, 0.25) is 0 Å². The van der Waals surface area contributed by atoms with Gasteiger partial charge in [0.05, 0.1) is 107 Å². The summed E-state index contributed by atoms with van der Waals surface area (Å²) in [6.45, 7) is 27.6. The van der Waals surface area contributed by atoms with Gasteiger partial charge in [0.15, 0.2) is 23.1 Å². The number of amides is 1. The van der Waals surface area contributed by atoms with E-state index in [2.05, 4.69) is 125 Å². The van der Waals surface area contributed by atoms with Crippen molar-refractivity contribution >= 4 is 216 Å². The molecule has 3 atom stereocenters. The predicted molar refractivity (Wildman–Crippen MR) is 385 cm³/mol. The van der Waals surface area contributed by atoms with Gasteiger partial charge in [-0.2, -0.15) is 0 Å². The zero-order valence-electron chi connectivity index (χ0n) is 48.1. The van der Waals surface area contributed by atoms with E-state index in [4.69, 9.17) is 60.0 Å². The number of hydrogen-bond acceptors (Lipinski definition) is 25. The first-order valence-electron chi connectivity index (χ1n) is 22.5. The maximum atomic E-state index is 11.3. The third-order valence-corrected chi connectivity index (χ3v) is 23.6. The number of carbonyl (C=O) groups is 4. The number of rotatable bonds is 18. The van der Waals surface area contributed by atoms with E-state index in [0.29, 0.717) is 28.7 Å². The van der Waals surface area contributed by atoms with Gasteiger partial charge in [-0.1, -0.05) is 60.8 Å².